The number of aromatic nitrogens is 1. The lowest BCUT2D eigenvalue weighted by Crippen LogP contribution is -2.70. The smallest absolute Gasteiger partial charge is 0.404 e. The van der Waals surface area contributed by atoms with Crippen LogP contribution in [0.2, 0.25) is 0 Å². The first-order valence-electron chi connectivity index (χ1n) is 14.3. The summed E-state index contributed by atoms with van der Waals surface area (Å²) in [5.74, 6) is -2.10. The van der Waals surface area contributed by atoms with Crippen LogP contribution in [0, 0.1) is 0 Å². The van der Waals surface area contributed by atoms with Gasteiger partial charge in [-0.1, -0.05) is 91.0 Å². The number of thiazole rings is 1. The van der Waals surface area contributed by atoms with Gasteiger partial charge in [-0.15, -0.1) is 23.1 Å². The van der Waals surface area contributed by atoms with Gasteiger partial charge in [0.15, 0.2) is 5.13 Å². The first-order chi connectivity index (χ1) is 22.3. The molecule has 1 aromatic heterocycles. The number of carbonyl (C=O) groups is 4. The number of hydrogen-bond donors (Lipinski definition) is 4. The topological polar surface area (TPSA) is 164 Å². The number of benzene rings is 3. The highest BCUT2D eigenvalue weighted by Gasteiger charge is 2.54. The van der Waals surface area contributed by atoms with Crippen molar-refractivity contribution in [1.29, 1.82) is 0 Å². The maximum atomic E-state index is 13.1. The summed E-state index contributed by atoms with van der Waals surface area (Å²) in [6.45, 7) is -0.336. The minimum absolute atomic E-state index is 0.0757. The van der Waals surface area contributed by atoms with Crippen molar-refractivity contribution in [2.24, 2.45) is 5.73 Å². The lowest BCUT2D eigenvalue weighted by atomic mass is 9.77. The van der Waals surface area contributed by atoms with Crippen LogP contribution < -0.4 is 16.4 Å². The zero-order valence-corrected chi connectivity index (χ0v) is 25.9. The molecule has 1 saturated heterocycles. The number of carboxylic acids is 1. The van der Waals surface area contributed by atoms with Crippen LogP contribution in [0.25, 0.3) is 0 Å². The van der Waals surface area contributed by atoms with Crippen LogP contribution in [0.15, 0.2) is 108 Å². The number of aliphatic carboxylic acids is 1. The number of amides is 3. The summed E-state index contributed by atoms with van der Waals surface area (Å²) in [7, 11) is 0. The molecule has 0 spiro atoms. The second kappa shape index (κ2) is 13.1. The molecule has 0 bridgehead atoms. The van der Waals surface area contributed by atoms with Crippen LogP contribution in [0.3, 0.4) is 0 Å². The SMILES string of the molecule is NC(=O)OCC1=C(C(=O)O)N2C(=O)[C@@H](NC(=O)Cc3csc(NC(c4ccccc4)(c4ccccc4)c4ccccc4)n3)[C@H]2SC1. The van der Waals surface area contributed by atoms with Gasteiger partial charge in [-0.2, -0.15) is 0 Å². The number of rotatable bonds is 11. The predicted octanol–water partition coefficient (Wildman–Crippen LogP) is 3.92. The Bertz CT molecular complexity index is 1700. The van der Waals surface area contributed by atoms with Crippen molar-refractivity contribution < 1.29 is 29.0 Å². The molecule has 4 aromatic rings. The minimum atomic E-state index is -1.33. The Hall–Kier alpha value is -5.14. The quantitative estimate of drug-likeness (QED) is 0.139. The number of thioether (sulfide) groups is 1. The number of nitrogens with two attached hydrogens (primary N) is 1. The summed E-state index contributed by atoms with van der Waals surface area (Å²) in [6, 6.07) is 29.4. The van der Waals surface area contributed by atoms with E-state index in [1.807, 2.05) is 54.6 Å². The minimum Gasteiger partial charge on any atom is -0.477 e. The highest BCUT2D eigenvalue weighted by molar-refractivity contribution is 8.00. The van der Waals surface area contributed by atoms with Gasteiger partial charge >= 0.3 is 12.1 Å². The molecule has 234 valence electrons. The average Bonchev–Trinajstić information content (AvgIpc) is 3.51. The lowest BCUT2D eigenvalue weighted by molar-refractivity contribution is -0.150. The largest absolute Gasteiger partial charge is 0.477 e. The number of carbonyl (C=O) groups excluding carboxylic acids is 3. The fraction of sp³-hybridized carbons (Fsp3) is 0.182. The molecule has 11 nitrogen and oxygen atoms in total. The number of nitrogens with zero attached hydrogens (tertiary/aromatic N) is 2. The van der Waals surface area contributed by atoms with Crippen molar-refractivity contribution in [3.8, 4) is 0 Å². The molecule has 6 rings (SSSR count). The van der Waals surface area contributed by atoms with Crippen LogP contribution in [-0.2, 0) is 31.1 Å². The number of primary amides is 1. The average molecular weight is 656 g/mol. The van der Waals surface area contributed by atoms with Gasteiger partial charge in [-0.05, 0) is 16.7 Å². The lowest BCUT2D eigenvalue weighted by Gasteiger charge is -2.49. The molecule has 1 fully saturated rings. The molecule has 3 aromatic carbocycles. The molecule has 0 radical (unpaired) electrons. The normalized spacial score (nSPS) is 17.5. The van der Waals surface area contributed by atoms with Crippen LogP contribution in [0.1, 0.15) is 22.4 Å². The van der Waals surface area contributed by atoms with Crippen LogP contribution in [-0.4, -0.2) is 62.6 Å². The van der Waals surface area contributed by atoms with Crippen LogP contribution in [0.5, 0.6) is 0 Å². The number of nitrogens with one attached hydrogen (secondary N) is 2. The van der Waals surface area contributed by atoms with E-state index in [1.165, 1.54) is 23.1 Å². The number of carboxylic acid groups (broad SMARTS) is 1. The van der Waals surface area contributed by atoms with E-state index in [0.29, 0.717) is 10.8 Å². The van der Waals surface area contributed by atoms with Gasteiger partial charge in [0.05, 0.1) is 12.1 Å². The van der Waals surface area contributed by atoms with Gasteiger partial charge in [0, 0.05) is 16.7 Å². The fourth-order valence-corrected chi connectivity index (χ4v) is 7.82. The first-order valence-corrected chi connectivity index (χ1v) is 16.2. The molecule has 2 aliphatic heterocycles. The monoisotopic (exact) mass is 655 g/mol. The zero-order chi connectivity index (χ0) is 32.3. The van der Waals surface area contributed by atoms with E-state index in [9.17, 15) is 24.3 Å². The predicted molar refractivity (Wildman–Crippen MR) is 174 cm³/mol. The summed E-state index contributed by atoms with van der Waals surface area (Å²) in [5.41, 5.74) is 7.79. The highest BCUT2D eigenvalue weighted by atomic mass is 32.2. The Morgan fingerprint density at radius 3 is 2.04 bits per heavy atom. The Labute approximate surface area is 272 Å². The molecule has 2 atom stereocenters. The molecule has 13 heteroatoms. The van der Waals surface area contributed by atoms with Crippen LogP contribution in [0.4, 0.5) is 9.93 Å². The summed E-state index contributed by atoms with van der Waals surface area (Å²) in [5, 5.41) is 18.0. The Morgan fingerprint density at radius 1 is 0.957 bits per heavy atom. The third-order valence-electron chi connectivity index (χ3n) is 7.76. The van der Waals surface area contributed by atoms with Crippen LogP contribution >= 0.6 is 23.1 Å². The second-order valence-corrected chi connectivity index (χ2v) is 12.6. The van der Waals surface area contributed by atoms with Crippen molar-refractivity contribution in [3.05, 3.63) is 130 Å². The van der Waals surface area contributed by atoms with E-state index in [2.05, 4.69) is 47.0 Å². The van der Waals surface area contributed by atoms with E-state index in [0.717, 1.165) is 21.6 Å². The highest BCUT2D eigenvalue weighted by Crippen LogP contribution is 2.42. The molecule has 0 saturated carbocycles. The number of β-lactam (4-membered cyclic amide) rings is 1. The Kier molecular flexibility index (Phi) is 8.77. The van der Waals surface area contributed by atoms with Crippen molar-refractivity contribution in [3.63, 3.8) is 0 Å². The molecule has 0 aliphatic carbocycles. The maximum absolute atomic E-state index is 13.1. The van der Waals surface area contributed by atoms with E-state index in [4.69, 9.17) is 15.5 Å². The standard InChI is InChI=1S/C33H29N5O6S2/c34-31(43)44-17-20-18-45-29-26(28(40)38(29)27(20)30(41)42)36-25(39)16-24-19-46-32(35-24)37-33(21-10-4-1-5-11-21,22-12-6-2-7-13-22)23-14-8-3-9-15-23/h1-15,19,26,29H,16-18H2,(H2,34,43)(H,35,37)(H,36,39)(H,41,42)/t26-,29-/m1/s1. The molecular weight excluding hydrogens is 627 g/mol. The van der Waals surface area contributed by atoms with Gasteiger partial charge in [0.1, 0.15) is 29.3 Å². The maximum Gasteiger partial charge on any atom is 0.404 e. The van der Waals surface area contributed by atoms with Crippen molar-refractivity contribution >= 4 is 52.1 Å². The third-order valence-corrected chi connectivity index (χ3v) is 9.91. The number of anilines is 1. The van der Waals surface area contributed by atoms with Crippen molar-refractivity contribution in [2.45, 2.75) is 23.4 Å². The van der Waals surface area contributed by atoms with Gasteiger partial charge < -0.3 is 26.2 Å². The van der Waals surface area contributed by atoms with Gasteiger partial charge in [-0.3, -0.25) is 14.5 Å². The van der Waals surface area contributed by atoms with Crippen molar-refractivity contribution in [2.75, 3.05) is 17.7 Å². The molecular formula is C33H29N5O6S2. The summed E-state index contributed by atoms with van der Waals surface area (Å²) in [6.07, 6.45) is -1.12. The molecule has 5 N–H and O–H groups in total. The fourth-order valence-electron chi connectivity index (χ4n) is 5.73. The summed E-state index contributed by atoms with van der Waals surface area (Å²) < 4.78 is 4.76. The van der Waals surface area contributed by atoms with Gasteiger partial charge in [0.2, 0.25) is 5.91 Å². The van der Waals surface area contributed by atoms with E-state index >= 15 is 0 Å². The molecule has 3 amide bonds. The molecule has 46 heavy (non-hydrogen) atoms. The summed E-state index contributed by atoms with van der Waals surface area (Å²) >= 11 is 2.64. The van der Waals surface area contributed by atoms with Crippen molar-refractivity contribution in [1.82, 2.24) is 15.2 Å². The van der Waals surface area contributed by atoms with Gasteiger partial charge in [-0.25, -0.2) is 14.6 Å². The zero-order valence-electron chi connectivity index (χ0n) is 24.3. The Morgan fingerprint density at radius 2 is 1.52 bits per heavy atom. The number of fused-ring (bicyclic) bond motifs is 1. The van der Waals surface area contributed by atoms with E-state index in [1.54, 1.807) is 5.38 Å². The van der Waals surface area contributed by atoms with E-state index in [-0.39, 0.29) is 30.1 Å². The molecule has 3 heterocycles. The molecule has 2 aliphatic rings. The van der Waals surface area contributed by atoms with E-state index < -0.39 is 40.8 Å². The number of hydrogen-bond acceptors (Lipinski definition) is 9. The number of ether oxygens (including phenoxy) is 1. The third kappa shape index (κ3) is 5.94. The summed E-state index contributed by atoms with van der Waals surface area (Å²) in [4.78, 5) is 54.9. The second-order valence-electron chi connectivity index (χ2n) is 10.6. The first kappa shape index (κ1) is 30.9. The Balaban J connectivity index is 1.20. The molecule has 0 unspecified atom stereocenters. The van der Waals surface area contributed by atoms with Gasteiger partial charge in [0.25, 0.3) is 5.91 Å².